The van der Waals surface area contributed by atoms with E-state index in [1.807, 2.05) is 25.1 Å². The zero-order valence-corrected chi connectivity index (χ0v) is 18.8. The standard InChI is InChI=1S/C24H20N6O2S/c1-15-7-8-16(2)20(13-15)33(31,32)22-21-24(29-19-6-4-3-5-18(19)28-21)30(23(22)25)27-14-17-9-11-26-12-10-17/h3-14H,25H2,1-2H3/b27-14-. The number of pyridine rings is 1. The maximum atomic E-state index is 13.8. The van der Waals surface area contributed by atoms with E-state index in [-0.39, 0.29) is 26.8 Å². The van der Waals surface area contributed by atoms with E-state index in [1.165, 1.54) is 4.68 Å². The van der Waals surface area contributed by atoms with Crippen molar-refractivity contribution in [2.45, 2.75) is 23.6 Å². The first-order valence-corrected chi connectivity index (χ1v) is 11.7. The van der Waals surface area contributed by atoms with Crippen LogP contribution in [0.1, 0.15) is 16.7 Å². The first-order chi connectivity index (χ1) is 15.9. The minimum Gasteiger partial charge on any atom is -0.382 e. The molecule has 0 fully saturated rings. The van der Waals surface area contributed by atoms with Gasteiger partial charge in [-0.05, 0) is 60.9 Å². The fraction of sp³-hybridized carbons (Fsp3) is 0.0833. The molecule has 5 rings (SSSR count). The van der Waals surface area contributed by atoms with Crippen LogP contribution in [0.25, 0.3) is 22.2 Å². The number of nitrogens with zero attached hydrogens (tertiary/aromatic N) is 5. The number of sulfone groups is 1. The van der Waals surface area contributed by atoms with Gasteiger partial charge in [-0.3, -0.25) is 4.98 Å². The summed E-state index contributed by atoms with van der Waals surface area (Å²) in [5.41, 5.74) is 10.3. The smallest absolute Gasteiger partial charge is 0.212 e. The second kappa shape index (κ2) is 7.79. The Morgan fingerprint density at radius 3 is 2.39 bits per heavy atom. The Bertz CT molecular complexity index is 1660. The predicted octanol–water partition coefficient (Wildman–Crippen LogP) is 3.89. The average molecular weight is 457 g/mol. The van der Waals surface area contributed by atoms with Crippen LogP contribution in [0.3, 0.4) is 0 Å². The molecule has 0 radical (unpaired) electrons. The second-order valence-electron chi connectivity index (χ2n) is 7.71. The Morgan fingerprint density at radius 1 is 0.970 bits per heavy atom. The van der Waals surface area contributed by atoms with E-state index in [0.717, 1.165) is 11.1 Å². The van der Waals surface area contributed by atoms with Crippen LogP contribution in [-0.4, -0.2) is 34.3 Å². The molecule has 0 atom stereocenters. The summed E-state index contributed by atoms with van der Waals surface area (Å²) in [6.45, 7) is 3.60. The summed E-state index contributed by atoms with van der Waals surface area (Å²) in [7, 11) is -4.01. The number of aryl methyl sites for hydroxylation is 2. The SMILES string of the molecule is Cc1ccc(C)c(S(=O)(=O)c2c(N)n(/N=C\c3ccncc3)c3nc4ccccc4nc23)c1. The van der Waals surface area contributed by atoms with Crippen LogP contribution in [0, 0.1) is 13.8 Å². The maximum absolute atomic E-state index is 13.8. The Hall–Kier alpha value is -4.11. The highest BCUT2D eigenvalue weighted by Gasteiger charge is 2.31. The number of rotatable bonds is 4. The number of hydrogen-bond acceptors (Lipinski definition) is 7. The molecule has 0 amide bonds. The Labute approximate surface area is 190 Å². The molecule has 0 saturated carbocycles. The van der Waals surface area contributed by atoms with Crippen LogP contribution in [0.4, 0.5) is 5.82 Å². The molecular formula is C24H20N6O2S. The number of benzene rings is 2. The van der Waals surface area contributed by atoms with Crippen molar-refractivity contribution in [1.29, 1.82) is 0 Å². The lowest BCUT2D eigenvalue weighted by Crippen LogP contribution is -2.08. The third kappa shape index (κ3) is 3.52. The molecule has 9 heteroatoms. The highest BCUT2D eigenvalue weighted by molar-refractivity contribution is 7.92. The molecule has 0 saturated heterocycles. The molecule has 2 aromatic carbocycles. The van der Waals surface area contributed by atoms with E-state index >= 15 is 0 Å². The molecular weight excluding hydrogens is 436 g/mol. The molecule has 0 aliphatic heterocycles. The number of para-hydroxylation sites is 2. The van der Waals surface area contributed by atoms with E-state index in [9.17, 15) is 8.42 Å². The van der Waals surface area contributed by atoms with Crippen LogP contribution in [0.15, 0.2) is 81.9 Å². The van der Waals surface area contributed by atoms with Crippen molar-refractivity contribution < 1.29 is 8.42 Å². The minimum absolute atomic E-state index is 0.0495. The number of nitrogens with two attached hydrogens (primary N) is 1. The van der Waals surface area contributed by atoms with Gasteiger partial charge >= 0.3 is 0 Å². The molecule has 8 nitrogen and oxygen atoms in total. The Kier molecular flexibility index (Phi) is 4.90. The van der Waals surface area contributed by atoms with Crippen molar-refractivity contribution in [3.05, 3.63) is 83.7 Å². The normalized spacial score (nSPS) is 12.2. The van der Waals surface area contributed by atoms with Crippen LogP contribution in [0.5, 0.6) is 0 Å². The van der Waals surface area contributed by atoms with Crippen molar-refractivity contribution in [3.8, 4) is 0 Å². The summed E-state index contributed by atoms with van der Waals surface area (Å²) in [5.74, 6) is -0.0495. The van der Waals surface area contributed by atoms with Gasteiger partial charge in [0.2, 0.25) is 9.84 Å². The molecule has 164 valence electrons. The monoisotopic (exact) mass is 456 g/mol. The third-order valence-electron chi connectivity index (χ3n) is 5.36. The number of anilines is 1. The van der Waals surface area contributed by atoms with Crippen LogP contribution >= 0.6 is 0 Å². The molecule has 3 heterocycles. The van der Waals surface area contributed by atoms with Gasteiger partial charge in [0.25, 0.3) is 0 Å². The fourth-order valence-electron chi connectivity index (χ4n) is 3.68. The largest absolute Gasteiger partial charge is 0.382 e. The first-order valence-electron chi connectivity index (χ1n) is 10.2. The van der Waals surface area contributed by atoms with Crippen molar-refractivity contribution >= 4 is 44.1 Å². The number of hydrogen-bond donors (Lipinski definition) is 1. The maximum Gasteiger partial charge on any atom is 0.212 e. The highest BCUT2D eigenvalue weighted by Crippen LogP contribution is 2.36. The van der Waals surface area contributed by atoms with Gasteiger partial charge in [0.1, 0.15) is 16.2 Å². The van der Waals surface area contributed by atoms with E-state index in [4.69, 9.17) is 5.73 Å². The van der Waals surface area contributed by atoms with Gasteiger partial charge in [-0.25, -0.2) is 18.4 Å². The van der Waals surface area contributed by atoms with E-state index < -0.39 is 9.84 Å². The van der Waals surface area contributed by atoms with E-state index in [0.29, 0.717) is 16.6 Å². The lowest BCUT2D eigenvalue weighted by Gasteiger charge is -2.09. The Balaban J connectivity index is 1.83. The van der Waals surface area contributed by atoms with Crippen molar-refractivity contribution in [2.24, 2.45) is 5.10 Å². The molecule has 0 aliphatic rings. The lowest BCUT2D eigenvalue weighted by atomic mass is 10.2. The highest BCUT2D eigenvalue weighted by atomic mass is 32.2. The quantitative estimate of drug-likeness (QED) is 0.410. The van der Waals surface area contributed by atoms with Gasteiger partial charge in [0.15, 0.2) is 5.65 Å². The second-order valence-corrected chi connectivity index (χ2v) is 9.56. The van der Waals surface area contributed by atoms with Crippen LogP contribution in [0.2, 0.25) is 0 Å². The molecule has 33 heavy (non-hydrogen) atoms. The first kappa shape index (κ1) is 20.8. The van der Waals surface area contributed by atoms with Crippen molar-refractivity contribution in [1.82, 2.24) is 19.6 Å². The molecule has 5 aromatic rings. The summed E-state index contributed by atoms with van der Waals surface area (Å²) < 4.78 is 29.0. The van der Waals surface area contributed by atoms with E-state index in [1.54, 1.807) is 61.9 Å². The summed E-state index contributed by atoms with van der Waals surface area (Å²) in [6.07, 6.45) is 4.85. The summed E-state index contributed by atoms with van der Waals surface area (Å²) in [4.78, 5) is 13.4. The Morgan fingerprint density at radius 2 is 1.67 bits per heavy atom. The van der Waals surface area contributed by atoms with Gasteiger partial charge in [-0.1, -0.05) is 24.3 Å². The van der Waals surface area contributed by atoms with Crippen molar-refractivity contribution in [3.63, 3.8) is 0 Å². The molecule has 0 bridgehead atoms. The summed E-state index contributed by atoms with van der Waals surface area (Å²) in [6, 6.07) is 16.1. The van der Waals surface area contributed by atoms with Crippen LogP contribution in [-0.2, 0) is 9.84 Å². The molecule has 3 aromatic heterocycles. The van der Waals surface area contributed by atoms with Gasteiger partial charge in [0.05, 0.1) is 22.1 Å². The average Bonchev–Trinajstić information content (AvgIpc) is 3.09. The summed E-state index contributed by atoms with van der Waals surface area (Å²) >= 11 is 0. The zero-order valence-electron chi connectivity index (χ0n) is 18.0. The number of fused-ring (bicyclic) bond motifs is 2. The van der Waals surface area contributed by atoms with Crippen LogP contribution < -0.4 is 5.73 Å². The zero-order chi connectivity index (χ0) is 23.2. The van der Waals surface area contributed by atoms with E-state index in [2.05, 4.69) is 20.1 Å². The number of nitrogen functional groups attached to an aromatic ring is 1. The fourth-order valence-corrected chi connectivity index (χ4v) is 5.49. The van der Waals surface area contributed by atoms with Crippen molar-refractivity contribution in [2.75, 3.05) is 5.73 Å². The van der Waals surface area contributed by atoms with Gasteiger partial charge < -0.3 is 5.73 Å². The lowest BCUT2D eigenvalue weighted by molar-refractivity contribution is 0.596. The predicted molar refractivity (Wildman–Crippen MR) is 128 cm³/mol. The molecule has 2 N–H and O–H groups in total. The minimum atomic E-state index is -4.01. The van der Waals surface area contributed by atoms with Gasteiger partial charge in [0, 0.05) is 12.4 Å². The number of aromatic nitrogens is 4. The summed E-state index contributed by atoms with van der Waals surface area (Å²) in [5, 5.41) is 4.45. The van der Waals surface area contributed by atoms with Gasteiger partial charge in [-0.2, -0.15) is 9.78 Å². The molecule has 0 unspecified atom stereocenters. The topological polar surface area (TPSA) is 116 Å². The molecule has 0 spiro atoms. The third-order valence-corrected chi connectivity index (χ3v) is 7.32. The molecule has 0 aliphatic carbocycles. The van der Waals surface area contributed by atoms with Gasteiger partial charge in [-0.15, -0.1) is 0 Å².